The third-order valence-electron chi connectivity index (χ3n) is 3.21. The van der Waals surface area contributed by atoms with Crippen molar-refractivity contribution in [3.05, 3.63) is 59.9 Å². The highest BCUT2D eigenvalue weighted by molar-refractivity contribution is 6.08. The predicted octanol–water partition coefficient (Wildman–Crippen LogP) is 3.17. The summed E-state index contributed by atoms with van der Waals surface area (Å²) < 4.78 is 1.71. The SMILES string of the molecule is O=C(C1=CCCC1)c1ccnn1-c1ccccc1. The van der Waals surface area contributed by atoms with E-state index in [0.717, 1.165) is 30.5 Å². The lowest BCUT2D eigenvalue weighted by molar-refractivity contribution is 0.102. The first-order valence-corrected chi connectivity index (χ1v) is 6.19. The van der Waals surface area contributed by atoms with Crippen molar-refractivity contribution in [2.75, 3.05) is 0 Å². The number of para-hydroxylation sites is 1. The zero-order chi connectivity index (χ0) is 12.4. The normalized spacial score (nSPS) is 14.6. The molecule has 0 bridgehead atoms. The summed E-state index contributed by atoms with van der Waals surface area (Å²) in [6.45, 7) is 0. The molecule has 0 saturated heterocycles. The van der Waals surface area contributed by atoms with Crippen molar-refractivity contribution in [2.45, 2.75) is 19.3 Å². The summed E-state index contributed by atoms with van der Waals surface area (Å²) in [6.07, 6.45) is 6.71. The van der Waals surface area contributed by atoms with E-state index >= 15 is 0 Å². The Labute approximate surface area is 106 Å². The van der Waals surface area contributed by atoms with Gasteiger partial charge in [0.15, 0.2) is 0 Å². The van der Waals surface area contributed by atoms with Gasteiger partial charge in [0.1, 0.15) is 5.69 Å². The molecule has 2 aromatic rings. The molecule has 1 heterocycles. The van der Waals surface area contributed by atoms with Crippen molar-refractivity contribution < 1.29 is 4.79 Å². The molecule has 0 spiro atoms. The lowest BCUT2D eigenvalue weighted by atomic mass is 10.1. The van der Waals surface area contributed by atoms with E-state index in [-0.39, 0.29) is 5.78 Å². The van der Waals surface area contributed by atoms with E-state index in [1.807, 2.05) is 36.4 Å². The molecule has 0 unspecified atom stereocenters. The largest absolute Gasteiger partial charge is 0.287 e. The highest BCUT2D eigenvalue weighted by atomic mass is 16.1. The maximum Gasteiger partial charge on any atom is 0.207 e. The lowest BCUT2D eigenvalue weighted by Gasteiger charge is -2.06. The number of rotatable bonds is 3. The van der Waals surface area contributed by atoms with Crippen LogP contribution >= 0.6 is 0 Å². The minimum absolute atomic E-state index is 0.105. The molecule has 0 fully saturated rings. The average molecular weight is 238 g/mol. The second-order valence-corrected chi connectivity index (χ2v) is 4.41. The van der Waals surface area contributed by atoms with Crippen LogP contribution in [0.1, 0.15) is 29.8 Å². The molecule has 3 nitrogen and oxygen atoms in total. The Balaban J connectivity index is 1.99. The van der Waals surface area contributed by atoms with Gasteiger partial charge in [0.05, 0.1) is 11.9 Å². The molecule has 0 atom stereocenters. The van der Waals surface area contributed by atoms with E-state index in [0.29, 0.717) is 5.69 Å². The number of nitrogens with zero attached hydrogens (tertiary/aromatic N) is 2. The highest BCUT2D eigenvalue weighted by Gasteiger charge is 2.19. The molecule has 1 aromatic heterocycles. The number of Topliss-reactive ketones (excluding diaryl/α,β-unsaturated/α-hetero) is 1. The zero-order valence-corrected chi connectivity index (χ0v) is 10.0. The number of aromatic nitrogens is 2. The Morgan fingerprint density at radius 2 is 2.00 bits per heavy atom. The van der Waals surface area contributed by atoms with Crippen molar-refractivity contribution >= 4 is 5.78 Å². The summed E-state index contributed by atoms with van der Waals surface area (Å²) in [4.78, 5) is 12.4. The molecule has 18 heavy (non-hydrogen) atoms. The number of hydrogen-bond acceptors (Lipinski definition) is 2. The van der Waals surface area contributed by atoms with Crippen LogP contribution in [-0.4, -0.2) is 15.6 Å². The van der Waals surface area contributed by atoms with Gasteiger partial charge in [-0.1, -0.05) is 24.3 Å². The van der Waals surface area contributed by atoms with E-state index in [9.17, 15) is 4.79 Å². The molecule has 0 radical (unpaired) electrons. The highest BCUT2D eigenvalue weighted by Crippen LogP contribution is 2.22. The van der Waals surface area contributed by atoms with Gasteiger partial charge in [-0.3, -0.25) is 4.79 Å². The van der Waals surface area contributed by atoms with Crippen LogP contribution in [0.5, 0.6) is 0 Å². The fourth-order valence-electron chi connectivity index (χ4n) is 2.29. The zero-order valence-electron chi connectivity index (χ0n) is 10.0. The van der Waals surface area contributed by atoms with Crippen LogP contribution in [-0.2, 0) is 0 Å². The van der Waals surface area contributed by atoms with Crippen LogP contribution in [0, 0.1) is 0 Å². The Kier molecular flexibility index (Phi) is 2.81. The monoisotopic (exact) mass is 238 g/mol. The third-order valence-corrected chi connectivity index (χ3v) is 3.21. The van der Waals surface area contributed by atoms with Crippen LogP contribution in [0.4, 0.5) is 0 Å². The Morgan fingerprint density at radius 3 is 2.72 bits per heavy atom. The molecule has 1 aromatic carbocycles. The van der Waals surface area contributed by atoms with Gasteiger partial charge in [-0.05, 0) is 43.0 Å². The molecule has 1 aliphatic rings. The summed E-state index contributed by atoms with van der Waals surface area (Å²) in [5.74, 6) is 0.105. The molecule has 0 amide bonds. The molecule has 90 valence electrons. The number of carbonyl (C=O) groups excluding carboxylic acids is 1. The summed E-state index contributed by atoms with van der Waals surface area (Å²) in [7, 11) is 0. The standard InChI is InChI=1S/C15H14N2O/c18-15(12-6-4-5-7-12)14-10-11-16-17(14)13-8-2-1-3-9-13/h1-3,6,8-11H,4-5,7H2. The first kappa shape index (κ1) is 11.0. The fraction of sp³-hybridized carbons (Fsp3) is 0.200. The minimum Gasteiger partial charge on any atom is -0.287 e. The Morgan fingerprint density at radius 1 is 1.17 bits per heavy atom. The van der Waals surface area contributed by atoms with Gasteiger partial charge in [-0.2, -0.15) is 5.10 Å². The molecular weight excluding hydrogens is 224 g/mol. The van der Waals surface area contributed by atoms with Crippen LogP contribution in [0.2, 0.25) is 0 Å². The number of carbonyl (C=O) groups is 1. The molecule has 0 aliphatic heterocycles. The minimum atomic E-state index is 0.105. The van der Waals surface area contributed by atoms with E-state index in [4.69, 9.17) is 0 Å². The average Bonchev–Trinajstić information content (AvgIpc) is 3.10. The smallest absolute Gasteiger partial charge is 0.207 e. The lowest BCUT2D eigenvalue weighted by Crippen LogP contribution is -2.10. The van der Waals surface area contributed by atoms with Crippen molar-refractivity contribution in [3.63, 3.8) is 0 Å². The fourth-order valence-corrected chi connectivity index (χ4v) is 2.29. The first-order valence-electron chi connectivity index (χ1n) is 6.19. The van der Waals surface area contributed by atoms with Gasteiger partial charge in [-0.25, -0.2) is 4.68 Å². The van der Waals surface area contributed by atoms with Gasteiger partial charge >= 0.3 is 0 Å². The molecule has 3 rings (SSSR count). The van der Waals surface area contributed by atoms with Crippen LogP contribution in [0.25, 0.3) is 5.69 Å². The topological polar surface area (TPSA) is 34.9 Å². The quantitative estimate of drug-likeness (QED) is 0.770. The Bertz CT molecular complexity index is 596. The van der Waals surface area contributed by atoms with Crippen molar-refractivity contribution in [3.8, 4) is 5.69 Å². The van der Waals surface area contributed by atoms with Gasteiger partial charge < -0.3 is 0 Å². The second-order valence-electron chi connectivity index (χ2n) is 4.41. The number of benzene rings is 1. The van der Waals surface area contributed by atoms with Crippen molar-refractivity contribution in [1.29, 1.82) is 0 Å². The van der Waals surface area contributed by atoms with E-state index < -0.39 is 0 Å². The Hall–Kier alpha value is -2.16. The summed E-state index contributed by atoms with van der Waals surface area (Å²) in [6, 6.07) is 11.5. The van der Waals surface area contributed by atoms with Crippen LogP contribution < -0.4 is 0 Å². The van der Waals surface area contributed by atoms with Gasteiger partial charge in [0.2, 0.25) is 5.78 Å². The molecule has 1 aliphatic carbocycles. The number of hydrogen-bond donors (Lipinski definition) is 0. The van der Waals surface area contributed by atoms with Gasteiger partial charge in [0.25, 0.3) is 0 Å². The third kappa shape index (κ3) is 1.88. The predicted molar refractivity (Wildman–Crippen MR) is 69.8 cm³/mol. The van der Waals surface area contributed by atoms with E-state index in [1.165, 1.54) is 0 Å². The van der Waals surface area contributed by atoms with Crippen molar-refractivity contribution in [1.82, 2.24) is 9.78 Å². The molecule has 0 saturated carbocycles. The second kappa shape index (κ2) is 4.61. The molecular formula is C15H14N2O. The number of ketones is 1. The maximum absolute atomic E-state index is 12.4. The van der Waals surface area contributed by atoms with Gasteiger partial charge in [0, 0.05) is 0 Å². The van der Waals surface area contributed by atoms with Gasteiger partial charge in [-0.15, -0.1) is 0 Å². The van der Waals surface area contributed by atoms with Crippen molar-refractivity contribution in [2.24, 2.45) is 0 Å². The van der Waals surface area contributed by atoms with E-state index in [1.54, 1.807) is 16.9 Å². The van der Waals surface area contributed by atoms with Crippen LogP contribution in [0.3, 0.4) is 0 Å². The first-order chi connectivity index (χ1) is 8.86. The molecule has 3 heteroatoms. The molecule has 0 N–H and O–H groups in total. The van der Waals surface area contributed by atoms with Crippen LogP contribution in [0.15, 0.2) is 54.2 Å². The summed E-state index contributed by atoms with van der Waals surface area (Å²) in [5.41, 5.74) is 2.49. The number of allylic oxidation sites excluding steroid dienone is 2. The van der Waals surface area contributed by atoms with E-state index in [2.05, 4.69) is 5.10 Å². The maximum atomic E-state index is 12.4. The summed E-state index contributed by atoms with van der Waals surface area (Å²) >= 11 is 0. The summed E-state index contributed by atoms with van der Waals surface area (Å²) in [5, 5.41) is 4.25.